The standard InChI is InChI=1S/C59H86N12O26.2C2HF3O2/c1-22(2)13-35(77)96-49-44(83)42(81)32(20-74)94-57(49)97-48-33(21-75)95-56(47(86)45(48)84)92-26-11-9-24(10-12-26)14-27-51(88)69-37(39(78)28-15-63-58(60)67-28)54(91)70-38(40(79)30-16-64-59(61)71(30)55-46(85)43(82)41(80)31(19-73)93-55)53(90)66-29(18-72)50(87)62-17-34(76)68-36(52(89)65-27)23(3)25-7-5-4-6-8-25;2*3-2(4,5)1(6)7/h4-12,22-23,27-33,36-49,55-57,72-75,78-86H,13-21H2,1-3H3,(H11,60,61,62,63,64,65,66,67,68,69,70,76,87,88,89,90,91);2*(H,6,7)/t23-,27+,28-,29-,30-,31+,32+,33+,36-,37-,38+,39-,40-,41+,42+,43-,44-,45+,46-,47-,48+,49-,55-,56-,57+;;/m0../s1. The first-order valence-electron chi connectivity index (χ1n) is 33.8. The van der Waals surface area contributed by atoms with Gasteiger partial charge in [0.25, 0.3) is 0 Å². The first-order chi connectivity index (χ1) is 52.0. The number of carbonyl (C=O) groups is 9. The number of hydrogen-bond acceptors (Lipinski definition) is 34. The molecule has 6 aliphatic rings. The number of ether oxygens (including phenoxy) is 6. The molecular formula is C63H88F6N12O30. The van der Waals surface area contributed by atoms with Gasteiger partial charge in [0, 0.05) is 18.8 Å². The molecule has 0 saturated carbocycles. The van der Waals surface area contributed by atoms with Crippen LogP contribution in [0, 0.1) is 5.92 Å². The number of guanidine groups is 2. The number of aliphatic hydroxyl groups excluding tert-OH is 13. The summed E-state index contributed by atoms with van der Waals surface area (Å²) in [6.45, 7) is -0.325. The lowest BCUT2D eigenvalue weighted by Gasteiger charge is -2.46. The molecule has 6 amide bonds. The van der Waals surface area contributed by atoms with Crippen molar-refractivity contribution >= 4 is 65.3 Å². The molecule has 8 rings (SSSR count). The van der Waals surface area contributed by atoms with E-state index in [1.807, 2.05) is 0 Å². The number of benzene rings is 2. The number of carboxylic acids is 2. The lowest BCUT2D eigenvalue weighted by molar-refractivity contribution is -0.663. The number of halogens is 6. The van der Waals surface area contributed by atoms with Gasteiger partial charge in [-0.15, -0.1) is 0 Å². The number of hydrogen-bond donors (Lipinski definition) is 24. The minimum Gasteiger partial charge on any atom is -0.542 e. The SMILES string of the molecule is CC(C)CC(=O)O[C@@H]1[C@@H](O[C@H]2[C@H](O)[C@H](O)[C@@H](Oc3ccc(C[C@H]4NC(=O)[C@H]([C@@H](C)c5ccccc5)NC(=O)CNC(=O)[C@H](CO)NC(=O)[C@@H]([C@@H](O)[C@@H]5CNC(N)=[N+]5[C@H]5O[C@H](CO)[C@@H](O)[C@H](O)[C@@H]5O)NC(=O)[C@H]([C@@H](O)[C@@H]5CNC(N)=[NH+]5)NC4=O)cc3)O[C@@H]2CO)O[C@H](CO)[C@@H](O)[C@@H]1O.O=C([O-])C(F)(F)F.O=C([O-])C(F)(F)F. The maximum Gasteiger partial charge on any atom is 0.430 e. The number of carbonyl (C=O) groups excluding carboxylic acids is 9. The maximum absolute atomic E-state index is 15.2. The monoisotopic (exact) mass is 1610 g/mol. The van der Waals surface area contributed by atoms with Crippen molar-refractivity contribution in [3.8, 4) is 5.75 Å². The molecular weight excluding hydrogens is 1520 g/mol. The second kappa shape index (κ2) is 39.9. The summed E-state index contributed by atoms with van der Waals surface area (Å²) in [5.41, 5.74) is 13.0. The third kappa shape index (κ3) is 23.7. The van der Waals surface area contributed by atoms with Gasteiger partial charge in [0.2, 0.25) is 48.0 Å². The summed E-state index contributed by atoms with van der Waals surface area (Å²) in [7, 11) is 0. The van der Waals surface area contributed by atoms with Crippen molar-refractivity contribution in [1.29, 1.82) is 0 Å². The van der Waals surface area contributed by atoms with E-state index >= 15 is 9.59 Å². The van der Waals surface area contributed by atoms with Crippen LogP contribution in [0.1, 0.15) is 44.2 Å². The molecule has 6 aliphatic heterocycles. The highest BCUT2D eigenvalue weighted by molar-refractivity contribution is 5.98. The lowest BCUT2D eigenvalue weighted by Crippen LogP contribution is -2.84. The molecule has 4 fully saturated rings. The van der Waals surface area contributed by atoms with Crippen molar-refractivity contribution in [1.82, 2.24) is 42.5 Å². The van der Waals surface area contributed by atoms with Crippen LogP contribution in [0.15, 0.2) is 54.6 Å². The lowest BCUT2D eigenvalue weighted by atomic mass is 9.92. The van der Waals surface area contributed by atoms with Crippen molar-refractivity contribution in [3.63, 3.8) is 0 Å². The van der Waals surface area contributed by atoms with Gasteiger partial charge in [-0.2, -0.15) is 26.3 Å². The van der Waals surface area contributed by atoms with E-state index in [4.69, 9.17) is 59.7 Å². The largest absolute Gasteiger partial charge is 0.542 e. The Balaban J connectivity index is 0.00000125. The molecule has 48 heteroatoms. The van der Waals surface area contributed by atoms with E-state index in [-0.39, 0.29) is 42.1 Å². The predicted octanol–water partition coefficient (Wildman–Crippen LogP) is -16.0. The number of nitrogens with two attached hydrogens (primary N) is 2. The number of aliphatic carboxylic acids is 2. The molecule has 4 saturated heterocycles. The van der Waals surface area contributed by atoms with Crippen LogP contribution >= 0.6 is 0 Å². The zero-order valence-electron chi connectivity index (χ0n) is 58.7. The number of nitrogens with zero attached hydrogens (tertiary/aromatic N) is 1. The van der Waals surface area contributed by atoms with Crippen LogP contribution in [0.3, 0.4) is 0 Å². The van der Waals surface area contributed by atoms with Crippen LogP contribution in [0.2, 0.25) is 0 Å². The fourth-order valence-electron chi connectivity index (χ4n) is 12.0. The number of alkyl halides is 6. The van der Waals surface area contributed by atoms with Crippen LogP contribution in [0.5, 0.6) is 5.75 Å². The number of rotatable bonds is 20. The fraction of sp³-hybridized carbons (Fsp3) is 0.635. The summed E-state index contributed by atoms with van der Waals surface area (Å²) in [4.78, 5) is 121. The first kappa shape index (κ1) is 90.8. The Labute approximate surface area is 623 Å². The molecule has 6 heterocycles. The van der Waals surface area contributed by atoms with Crippen LogP contribution in [-0.2, 0) is 73.3 Å². The third-order valence-corrected chi connectivity index (χ3v) is 17.9. The summed E-state index contributed by atoms with van der Waals surface area (Å²) in [5, 5.41) is 180. The molecule has 0 radical (unpaired) electrons. The normalized spacial score (nSPS) is 32.8. The molecule has 0 spiro atoms. The number of nitrogens with one attached hydrogen (secondary N) is 9. The fourth-order valence-corrected chi connectivity index (χ4v) is 12.0. The Kier molecular flexibility index (Phi) is 32.6. The molecule has 26 N–H and O–H groups in total. The average Bonchev–Trinajstić information content (AvgIpc) is 1.73. The van der Waals surface area contributed by atoms with E-state index in [1.165, 1.54) is 24.3 Å². The molecule has 2 aromatic rings. The Morgan fingerprint density at radius 2 is 1.11 bits per heavy atom. The molecule has 0 aromatic heterocycles. The van der Waals surface area contributed by atoms with E-state index in [9.17, 15) is 117 Å². The number of esters is 1. The summed E-state index contributed by atoms with van der Waals surface area (Å²) >= 11 is 0. The molecule has 0 aliphatic carbocycles. The van der Waals surface area contributed by atoms with Gasteiger partial charge in [0.1, 0.15) is 146 Å². The summed E-state index contributed by atoms with van der Waals surface area (Å²) in [6.07, 6.45) is -42.2. The Morgan fingerprint density at radius 1 is 0.586 bits per heavy atom. The molecule has 25 atom stereocenters. The second-order valence-corrected chi connectivity index (χ2v) is 26.3. The zero-order valence-corrected chi connectivity index (χ0v) is 58.7. The van der Waals surface area contributed by atoms with Gasteiger partial charge in [0.15, 0.2) is 12.4 Å². The highest BCUT2D eigenvalue weighted by Crippen LogP contribution is 2.33. The highest BCUT2D eigenvalue weighted by Gasteiger charge is 2.56. The van der Waals surface area contributed by atoms with Gasteiger partial charge in [0.05, 0.1) is 39.5 Å². The molecule has 111 heavy (non-hydrogen) atoms. The first-order valence-corrected chi connectivity index (χ1v) is 33.8. The second-order valence-electron chi connectivity index (χ2n) is 26.3. The third-order valence-electron chi connectivity index (χ3n) is 17.9. The molecule has 42 nitrogen and oxygen atoms in total. The van der Waals surface area contributed by atoms with E-state index in [2.05, 4.69) is 47.5 Å². The van der Waals surface area contributed by atoms with Crippen LogP contribution in [0.25, 0.3) is 0 Å². The average molecular weight is 1610 g/mol. The number of amides is 6. The van der Waals surface area contributed by atoms with Gasteiger partial charge in [-0.05, 0) is 29.2 Å². The summed E-state index contributed by atoms with van der Waals surface area (Å²) < 4.78 is 98.5. The van der Waals surface area contributed by atoms with Crippen molar-refractivity contribution < 1.29 is 184 Å². The van der Waals surface area contributed by atoms with Crippen LogP contribution < -0.4 is 73.9 Å². The maximum atomic E-state index is 15.2. The minimum atomic E-state index is -5.19. The van der Waals surface area contributed by atoms with Gasteiger partial charge < -0.3 is 147 Å². The highest BCUT2D eigenvalue weighted by atomic mass is 19.4. The quantitative estimate of drug-likeness (QED) is 0.0332. The van der Waals surface area contributed by atoms with Crippen molar-refractivity contribution in [3.05, 3.63) is 65.7 Å². The van der Waals surface area contributed by atoms with Gasteiger partial charge in [-0.3, -0.25) is 60.7 Å². The summed E-state index contributed by atoms with van der Waals surface area (Å²) in [6, 6.07) is 0.985. The molecule has 2 aromatic carbocycles. The predicted molar refractivity (Wildman–Crippen MR) is 346 cm³/mol. The van der Waals surface area contributed by atoms with Gasteiger partial charge in [-0.1, -0.05) is 63.2 Å². The minimum absolute atomic E-state index is 0.0820. The van der Waals surface area contributed by atoms with E-state index in [1.54, 1.807) is 51.1 Å². The Morgan fingerprint density at radius 3 is 1.66 bits per heavy atom. The molecule has 622 valence electrons. The number of carboxylic acid groups (broad SMARTS) is 2. The smallest absolute Gasteiger partial charge is 0.430 e. The van der Waals surface area contributed by atoms with Gasteiger partial charge >= 0.3 is 30.2 Å². The van der Waals surface area contributed by atoms with Crippen molar-refractivity contribution in [2.24, 2.45) is 17.4 Å². The van der Waals surface area contributed by atoms with E-state index in [0.717, 1.165) is 4.58 Å². The van der Waals surface area contributed by atoms with Crippen LogP contribution in [-0.4, -0.2) is 341 Å². The van der Waals surface area contributed by atoms with Crippen molar-refractivity contribution in [2.75, 3.05) is 46.1 Å². The van der Waals surface area contributed by atoms with E-state index < -0.39 is 264 Å². The summed E-state index contributed by atoms with van der Waals surface area (Å²) in [5.74, 6) is -15.7. The Bertz CT molecular complexity index is 3550. The number of aliphatic hydroxyl groups is 13. The topological polar surface area (TPSA) is 683 Å². The molecule has 0 unspecified atom stereocenters. The van der Waals surface area contributed by atoms with Crippen LogP contribution in [0.4, 0.5) is 26.3 Å². The van der Waals surface area contributed by atoms with Crippen molar-refractivity contribution in [2.45, 2.75) is 198 Å². The molecule has 0 bridgehead atoms. The van der Waals surface area contributed by atoms with Gasteiger partial charge in [-0.25, -0.2) is 4.58 Å². The van der Waals surface area contributed by atoms with E-state index in [0.29, 0.717) is 5.56 Å². The Hall–Kier alpha value is -9.09. The zero-order chi connectivity index (χ0) is 83.0.